The molecule has 2 aliphatic heterocycles. The van der Waals surface area contributed by atoms with Crippen LogP contribution in [-0.4, -0.2) is 113 Å². The van der Waals surface area contributed by atoms with Crippen LogP contribution in [0.4, 0.5) is 23.4 Å². The number of anilines is 1. The quantitative estimate of drug-likeness (QED) is 0.144. The van der Waals surface area contributed by atoms with Gasteiger partial charge in [0.05, 0.1) is 10.8 Å². The zero-order valence-corrected chi connectivity index (χ0v) is 31.9. The van der Waals surface area contributed by atoms with Crippen molar-refractivity contribution in [3.63, 3.8) is 0 Å². The fraction of sp³-hybridized carbons (Fsp3) is 0.537. The van der Waals surface area contributed by atoms with Crippen LogP contribution in [0.25, 0.3) is 43.7 Å². The minimum Gasteiger partial charge on any atom is -0.508 e. The zero-order valence-electron chi connectivity index (χ0n) is 31.9. The van der Waals surface area contributed by atoms with Gasteiger partial charge in [-0.15, -0.1) is 0 Å². The number of fused-ring (bicyclic) bond motifs is 6. The Morgan fingerprint density at radius 3 is 2.38 bits per heavy atom. The van der Waals surface area contributed by atoms with Crippen molar-refractivity contribution >= 4 is 38.4 Å². The number of piperazine rings is 1. The van der Waals surface area contributed by atoms with E-state index in [1.807, 2.05) is 6.92 Å². The fourth-order valence-corrected chi connectivity index (χ4v) is 9.97. The lowest BCUT2D eigenvalue weighted by atomic mass is 9.79. The number of aromatic hydroxyl groups is 1. The van der Waals surface area contributed by atoms with Gasteiger partial charge in [0.2, 0.25) is 0 Å². The van der Waals surface area contributed by atoms with E-state index in [-0.39, 0.29) is 60.1 Å². The highest BCUT2D eigenvalue weighted by Gasteiger charge is 2.71. The third kappa shape index (κ3) is 5.89. The van der Waals surface area contributed by atoms with Crippen molar-refractivity contribution in [2.75, 3.05) is 59.0 Å². The minimum atomic E-state index is -2.92. The van der Waals surface area contributed by atoms with Gasteiger partial charge in [0, 0.05) is 82.1 Å². The second kappa shape index (κ2) is 13.2. The Kier molecular flexibility index (Phi) is 8.70. The second-order valence-corrected chi connectivity index (χ2v) is 16.7. The van der Waals surface area contributed by atoms with Crippen LogP contribution in [0.2, 0.25) is 0 Å². The number of rotatable bonds is 11. The average molecular weight is 762 g/mol. The first-order chi connectivity index (χ1) is 26.3. The van der Waals surface area contributed by atoms with Gasteiger partial charge in [0.15, 0.2) is 5.82 Å². The summed E-state index contributed by atoms with van der Waals surface area (Å²) < 4.78 is 76.1. The summed E-state index contributed by atoms with van der Waals surface area (Å²) in [6.07, 6.45) is 5.84. The Bertz CT molecular complexity index is 2320. The van der Waals surface area contributed by atoms with E-state index in [2.05, 4.69) is 14.8 Å². The summed E-state index contributed by atoms with van der Waals surface area (Å²) in [5.74, 6) is -3.15. The molecule has 3 atom stereocenters. The van der Waals surface area contributed by atoms with Gasteiger partial charge in [0.1, 0.15) is 35.0 Å². The summed E-state index contributed by atoms with van der Waals surface area (Å²) in [5.41, 5.74) is -0.428. The van der Waals surface area contributed by atoms with Gasteiger partial charge in [-0.1, -0.05) is 13.0 Å². The number of methoxy groups -OCH3 is 1. The van der Waals surface area contributed by atoms with Crippen molar-refractivity contribution in [2.24, 2.45) is 18.4 Å². The molecule has 0 amide bonds. The summed E-state index contributed by atoms with van der Waals surface area (Å²) >= 11 is 0. The van der Waals surface area contributed by atoms with E-state index in [1.165, 1.54) is 18.2 Å². The highest BCUT2D eigenvalue weighted by atomic mass is 19.3. The molecule has 1 N–H and O–H groups in total. The maximum absolute atomic E-state index is 17.8. The maximum atomic E-state index is 17.8. The largest absolute Gasteiger partial charge is 0.508 e. The molecule has 2 saturated carbocycles. The van der Waals surface area contributed by atoms with E-state index in [0.717, 1.165) is 45.4 Å². The molecule has 4 aliphatic rings. The summed E-state index contributed by atoms with van der Waals surface area (Å²) in [4.78, 5) is 16.2. The molecule has 2 saturated heterocycles. The number of nitrogens with zero attached hydrogens (tertiary/aromatic N) is 7. The van der Waals surface area contributed by atoms with Crippen LogP contribution < -0.4 is 9.64 Å². The first-order valence-corrected chi connectivity index (χ1v) is 19.3. The number of hydrogen-bond donors (Lipinski definition) is 1. The summed E-state index contributed by atoms with van der Waals surface area (Å²) in [6, 6.07) is 6.37. The van der Waals surface area contributed by atoms with Gasteiger partial charge in [0.25, 0.3) is 5.92 Å². The standard InChI is InChI=1S/C41H47F4N7O3/c1-6-28-31(42)10-7-23-13-27(53)14-29(32(23)28)33-35(43)37-34(30-17-50(4)48-36(30)33)38(47-39(46-37)55-21-40(20-49(2)3)19-41(40,44)45)52-24-8-9-25(52)16-51(15-24)26-11-22(12-26)18-54-5/h7,10,13-14,17,22,24-26,53H,6,8-9,11-12,15-16,18-21H2,1-5H3/t22?,24?,25?,26?,40-/m1/s1. The monoisotopic (exact) mass is 761 g/mol. The third-order valence-corrected chi connectivity index (χ3v) is 12.6. The van der Waals surface area contributed by atoms with Gasteiger partial charge >= 0.3 is 6.01 Å². The lowest BCUT2D eigenvalue weighted by Crippen LogP contribution is -2.59. The van der Waals surface area contributed by atoms with Crippen molar-refractivity contribution in [1.82, 2.24) is 29.5 Å². The molecule has 2 aromatic heterocycles. The number of aryl methyl sites for hydroxylation is 2. The molecule has 10 nitrogen and oxygen atoms in total. The minimum absolute atomic E-state index is 0.0473. The van der Waals surface area contributed by atoms with Crippen molar-refractivity contribution in [1.29, 1.82) is 0 Å². The Balaban J connectivity index is 1.23. The van der Waals surface area contributed by atoms with Gasteiger partial charge in [-0.3, -0.25) is 9.58 Å². The number of benzene rings is 3. The van der Waals surface area contributed by atoms with Crippen molar-refractivity contribution in [2.45, 2.75) is 69.5 Å². The molecule has 55 heavy (non-hydrogen) atoms. The van der Waals surface area contributed by atoms with Crippen LogP contribution in [-0.2, 0) is 18.2 Å². The Hall–Kier alpha value is -4.27. The lowest BCUT2D eigenvalue weighted by Gasteiger charge is -2.49. The summed E-state index contributed by atoms with van der Waals surface area (Å²) in [5, 5.41) is 17.7. The molecule has 14 heteroatoms. The van der Waals surface area contributed by atoms with Crippen molar-refractivity contribution in [3.8, 4) is 22.9 Å². The number of halogens is 4. The van der Waals surface area contributed by atoms with Gasteiger partial charge in [-0.25, -0.2) is 17.6 Å². The van der Waals surface area contributed by atoms with Crippen molar-refractivity contribution in [3.05, 3.63) is 47.7 Å². The number of alkyl halides is 2. The van der Waals surface area contributed by atoms with Gasteiger partial charge in [-0.05, 0) is 92.2 Å². The molecule has 0 radical (unpaired) electrons. The molecule has 2 unspecified atom stereocenters. The van der Waals surface area contributed by atoms with E-state index in [0.29, 0.717) is 56.8 Å². The fourth-order valence-electron chi connectivity index (χ4n) is 9.97. The van der Waals surface area contributed by atoms with Gasteiger partial charge < -0.3 is 24.4 Å². The van der Waals surface area contributed by atoms with E-state index in [9.17, 15) is 13.9 Å². The van der Waals surface area contributed by atoms with Crippen LogP contribution >= 0.6 is 0 Å². The van der Waals surface area contributed by atoms with Crippen molar-refractivity contribution < 1.29 is 32.1 Å². The maximum Gasteiger partial charge on any atom is 0.319 e. The van der Waals surface area contributed by atoms with Crippen LogP contribution in [0, 0.1) is 23.0 Å². The van der Waals surface area contributed by atoms with E-state index >= 15 is 8.78 Å². The molecule has 3 aromatic carbocycles. The van der Waals surface area contributed by atoms with Gasteiger partial charge in [-0.2, -0.15) is 15.1 Å². The number of phenolic OH excluding ortho intramolecular Hbond substituents is 1. The predicted molar refractivity (Wildman–Crippen MR) is 203 cm³/mol. The molecule has 2 aliphatic carbocycles. The normalized spacial score (nSPS) is 26.1. The Morgan fingerprint density at radius 2 is 1.73 bits per heavy atom. The lowest BCUT2D eigenvalue weighted by molar-refractivity contribution is 0.0198. The average Bonchev–Trinajstić information content (AvgIpc) is 3.30. The number of hydrogen-bond acceptors (Lipinski definition) is 9. The molecule has 2 bridgehead atoms. The molecule has 4 heterocycles. The van der Waals surface area contributed by atoms with Crippen LogP contribution in [0.5, 0.6) is 11.8 Å². The molecular weight excluding hydrogens is 714 g/mol. The van der Waals surface area contributed by atoms with Crippen LogP contribution in [0.3, 0.4) is 0 Å². The second-order valence-electron chi connectivity index (χ2n) is 16.7. The number of phenols is 1. The Morgan fingerprint density at radius 1 is 1.00 bits per heavy atom. The van der Waals surface area contributed by atoms with E-state index in [1.54, 1.807) is 50.1 Å². The highest BCUT2D eigenvalue weighted by Crippen LogP contribution is 2.61. The number of aromatic nitrogens is 4. The van der Waals surface area contributed by atoms with E-state index < -0.39 is 23.0 Å². The molecular formula is C41H47F4N7O3. The highest BCUT2D eigenvalue weighted by molar-refractivity contribution is 6.18. The zero-order chi connectivity index (χ0) is 38.6. The molecule has 9 rings (SSSR count). The summed E-state index contributed by atoms with van der Waals surface area (Å²) in [7, 11) is 6.98. The molecule has 292 valence electrons. The van der Waals surface area contributed by atoms with E-state index in [4.69, 9.17) is 19.6 Å². The first-order valence-electron chi connectivity index (χ1n) is 19.3. The predicted octanol–water partition coefficient (Wildman–Crippen LogP) is 6.93. The SMILES string of the molecule is CCc1c(F)ccc2cc(O)cc(-c3c(F)c4nc(OC[C@]5(CN(C)C)CC5(F)F)nc(N5C6CCC5CN(C5CC(COC)C5)C6)c4c4cn(C)nc34)c12. The van der Waals surface area contributed by atoms with Crippen LogP contribution in [0.1, 0.15) is 44.6 Å². The Labute approximate surface area is 317 Å². The third-order valence-electron chi connectivity index (χ3n) is 12.6. The smallest absolute Gasteiger partial charge is 0.319 e. The topological polar surface area (TPSA) is 92.0 Å². The molecule has 5 aromatic rings. The molecule has 4 fully saturated rings. The number of likely N-dealkylation sites (tertiary alicyclic amines) is 1. The number of ether oxygens (including phenoxy) is 2. The summed E-state index contributed by atoms with van der Waals surface area (Å²) in [6.45, 7) is 4.00. The first kappa shape index (κ1) is 36.4. The molecule has 0 spiro atoms. The van der Waals surface area contributed by atoms with Crippen LogP contribution in [0.15, 0.2) is 30.5 Å².